The number of rotatable bonds is 59. The lowest BCUT2D eigenvalue weighted by atomic mass is 9.92. The molecule has 0 amide bonds. The van der Waals surface area contributed by atoms with Crippen LogP contribution in [0, 0.1) is 11.3 Å². The molecule has 438 valence electrons. The summed E-state index contributed by atoms with van der Waals surface area (Å²) in [7, 11) is 0. The van der Waals surface area contributed by atoms with E-state index in [-0.39, 0.29) is 19.6 Å². The predicted octanol–water partition coefficient (Wildman–Crippen LogP) is 21.5. The lowest BCUT2D eigenvalue weighted by molar-refractivity contribution is -0.155. The van der Waals surface area contributed by atoms with Gasteiger partial charge in [0.05, 0.1) is 31.0 Å². The standard InChI is InChI=1S/C68H130O6/c1-2-3-4-5-6-7-8-9-10-11-12-13-14-15-16-17-18-19-20-21-22-23-24-25-26-27-28-29-30-31-32-33-34-35-36-37-38-39-40-41-42-43-44-45-46-47-48-49-50-51-52-53-54-55-56-57-58-59-65-60-66(71)73-63-68(61-69,62-70)64-74-67(65)72/h49-50,65,69-70H,2-48,51-64H2,1H3/b50-49+. The average Bonchev–Trinajstić information content (AvgIpc) is 3.47. The third-order valence-corrected chi connectivity index (χ3v) is 16.8. The number of hydrogen-bond acceptors (Lipinski definition) is 6. The van der Waals surface area contributed by atoms with E-state index < -0.39 is 36.5 Å². The van der Waals surface area contributed by atoms with Gasteiger partial charge in [0.2, 0.25) is 0 Å². The quantitative estimate of drug-likeness (QED) is 0.0358. The molecule has 6 heteroatoms. The van der Waals surface area contributed by atoms with Crippen LogP contribution in [-0.4, -0.2) is 48.6 Å². The van der Waals surface area contributed by atoms with Crippen LogP contribution < -0.4 is 0 Å². The molecule has 0 saturated carbocycles. The fraction of sp³-hybridized carbons (Fsp3) is 0.941. The summed E-state index contributed by atoms with van der Waals surface area (Å²) in [6.07, 6.45) is 83.2. The monoisotopic (exact) mass is 1040 g/mol. The molecule has 1 aliphatic rings. The molecule has 2 N–H and O–H groups in total. The van der Waals surface area contributed by atoms with Gasteiger partial charge in [-0.05, 0) is 32.1 Å². The highest BCUT2D eigenvalue weighted by atomic mass is 16.6. The van der Waals surface area contributed by atoms with E-state index in [1.54, 1.807) is 0 Å². The third-order valence-electron chi connectivity index (χ3n) is 16.8. The molecule has 0 aromatic heterocycles. The summed E-state index contributed by atoms with van der Waals surface area (Å²) < 4.78 is 10.6. The number of aliphatic hydroxyl groups is 2. The van der Waals surface area contributed by atoms with Gasteiger partial charge in [-0.3, -0.25) is 9.59 Å². The van der Waals surface area contributed by atoms with Crippen molar-refractivity contribution >= 4 is 11.9 Å². The van der Waals surface area contributed by atoms with Crippen molar-refractivity contribution in [2.75, 3.05) is 26.4 Å². The van der Waals surface area contributed by atoms with E-state index in [0.717, 1.165) is 19.3 Å². The van der Waals surface area contributed by atoms with Crippen molar-refractivity contribution < 1.29 is 29.3 Å². The van der Waals surface area contributed by atoms with E-state index in [1.165, 1.54) is 334 Å². The average molecular weight is 1040 g/mol. The van der Waals surface area contributed by atoms with Gasteiger partial charge in [0, 0.05) is 0 Å². The first kappa shape index (κ1) is 70.6. The maximum atomic E-state index is 12.5. The van der Waals surface area contributed by atoms with Gasteiger partial charge in [-0.15, -0.1) is 0 Å². The third kappa shape index (κ3) is 48.9. The molecular weight excluding hydrogens is 913 g/mol. The molecule has 6 nitrogen and oxygen atoms in total. The molecule has 0 radical (unpaired) electrons. The fourth-order valence-corrected chi connectivity index (χ4v) is 11.3. The number of aliphatic hydroxyl groups excluding tert-OH is 2. The number of ether oxygens (including phenoxy) is 2. The van der Waals surface area contributed by atoms with Gasteiger partial charge in [0.15, 0.2) is 0 Å². The minimum Gasteiger partial charge on any atom is -0.465 e. The van der Waals surface area contributed by atoms with Crippen molar-refractivity contribution in [3.05, 3.63) is 12.2 Å². The molecule has 1 aliphatic heterocycles. The number of carbonyl (C=O) groups excluding carboxylic acids is 2. The normalized spacial score (nSPS) is 15.1. The highest BCUT2D eigenvalue weighted by Gasteiger charge is 2.36. The molecule has 1 rings (SSSR count). The number of unbranched alkanes of at least 4 members (excludes halogenated alkanes) is 53. The predicted molar refractivity (Wildman–Crippen MR) is 320 cm³/mol. The molecule has 1 fully saturated rings. The topological polar surface area (TPSA) is 93.1 Å². The van der Waals surface area contributed by atoms with E-state index >= 15 is 0 Å². The molecule has 74 heavy (non-hydrogen) atoms. The van der Waals surface area contributed by atoms with Crippen LogP contribution in [0.15, 0.2) is 12.2 Å². The Kier molecular flexibility index (Phi) is 55.1. The van der Waals surface area contributed by atoms with E-state index in [0.29, 0.717) is 6.42 Å². The van der Waals surface area contributed by atoms with E-state index in [4.69, 9.17) is 9.47 Å². The Morgan fingerprint density at radius 2 is 0.581 bits per heavy atom. The zero-order valence-corrected chi connectivity index (χ0v) is 49.9. The minimum atomic E-state index is -1.13. The molecule has 0 aliphatic carbocycles. The molecule has 0 aromatic rings. The van der Waals surface area contributed by atoms with Crippen molar-refractivity contribution in [3.8, 4) is 0 Å². The Bertz CT molecular complexity index is 1160. The molecule has 0 aromatic carbocycles. The Morgan fingerprint density at radius 1 is 0.351 bits per heavy atom. The molecule has 1 saturated heterocycles. The maximum Gasteiger partial charge on any atom is 0.309 e. The van der Waals surface area contributed by atoms with Crippen molar-refractivity contribution in [3.63, 3.8) is 0 Å². The summed E-state index contributed by atoms with van der Waals surface area (Å²) in [4.78, 5) is 24.7. The summed E-state index contributed by atoms with van der Waals surface area (Å²) in [5.74, 6) is -1.41. The van der Waals surface area contributed by atoms with Gasteiger partial charge in [-0.25, -0.2) is 0 Å². The zero-order valence-electron chi connectivity index (χ0n) is 49.9. The maximum absolute atomic E-state index is 12.5. The van der Waals surface area contributed by atoms with Gasteiger partial charge in [0.25, 0.3) is 0 Å². The summed E-state index contributed by atoms with van der Waals surface area (Å²) in [5, 5.41) is 19.2. The van der Waals surface area contributed by atoms with Crippen LogP contribution in [0.2, 0.25) is 0 Å². The Morgan fingerprint density at radius 3 is 0.838 bits per heavy atom. The Hall–Kier alpha value is -1.40. The van der Waals surface area contributed by atoms with Crippen molar-refractivity contribution in [1.82, 2.24) is 0 Å². The summed E-state index contributed by atoms with van der Waals surface area (Å²) in [6.45, 7) is 1.20. The van der Waals surface area contributed by atoms with E-state index in [2.05, 4.69) is 19.1 Å². The summed E-state index contributed by atoms with van der Waals surface area (Å²) >= 11 is 0. The largest absolute Gasteiger partial charge is 0.465 e. The van der Waals surface area contributed by atoms with E-state index in [1.807, 2.05) is 0 Å². The second-order valence-electron chi connectivity index (χ2n) is 24.2. The number of carbonyl (C=O) groups is 2. The smallest absolute Gasteiger partial charge is 0.309 e. The Labute approximate surface area is 462 Å². The van der Waals surface area contributed by atoms with Gasteiger partial charge >= 0.3 is 11.9 Å². The molecule has 1 heterocycles. The van der Waals surface area contributed by atoms with Gasteiger partial charge in [-0.1, -0.05) is 347 Å². The highest BCUT2D eigenvalue weighted by molar-refractivity contribution is 5.80. The Balaban J connectivity index is 1.67. The van der Waals surface area contributed by atoms with Gasteiger partial charge in [-0.2, -0.15) is 0 Å². The van der Waals surface area contributed by atoms with Crippen molar-refractivity contribution in [2.24, 2.45) is 11.3 Å². The lowest BCUT2D eigenvalue weighted by Gasteiger charge is -2.27. The summed E-state index contributed by atoms with van der Waals surface area (Å²) in [5.41, 5.74) is -1.13. The summed E-state index contributed by atoms with van der Waals surface area (Å²) in [6, 6.07) is 0. The second-order valence-corrected chi connectivity index (χ2v) is 24.2. The van der Waals surface area contributed by atoms with Crippen LogP contribution in [-0.2, 0) is 19.1 Å². The second kappa shape index (κ2) is 57.8. The van der Waals surface area contributed by atoms with E-state index in [9.17, 15) is 19.8 Å². The number of hydrogen-bond donors (Lipinski definition) is 2. The van der Waals surface area contributed by atoms with Crippen molar-refractivity contribution in [2.45, 2.75) is 373 Å². The zero-order chi connectivity index (χ0) is 53.2. The molecule has 1 atom stereocenters. The van der Waals surface area contributed by atoms with Crippen molar-refractivity contribution in [1.29, 1.82) is 0 Å². The number of allylic oxidation sites excluding steroid dienone is 2. The van der Waals surface area contributed by atoms with Crippen LogP contribution in [0.25, 0.3) is 0 Å². The molecule has 0 spiro atoms. The van der Waals surface area contributed by atoms with Crippen LogP contribution in [0.3, 0.4) is 0 Å². The van der Waals surface area contributed by atoms with Gasteiger partial charge < -0.3 is 19.7 Å². The number of cyclic esters (lactones) is 2. The number of esters is 2. The van der Waals surface area contributed by atoms with Crippen LogP contribution in [0.4, 0.5) is 0 Å². The molecule has 0 bridgehead atoms. The fourth-order valence-electron chi connectivity index (χ4n) is 11.3. The minimum absolute atomic E-state index is 0.000840. The van der Waals surface area contributed by atoms with Crippen LogP contribution in [0.5, 0.6) is 0 Å². The first-order valence-corrected chi connectivity index (χ1v) is 33.8. The first-order chi connectivity index (χ1) is 36.6. The van der Waals surface area contributed by atoms with Crippen LogP contribution >= 0.6 is 0 Å². The SMILES string of the molecule is CCCCCCCCCCCCCCCCCCCCCCCCCCCCCCCCCCCCCCCCCCCCCCCC/C=C/CCCCCCCCCC1CC(=O)OCC(CO)(CO)COC1=O. The molecular formula is C68H130O6. The highest BCUT2D eigenvalue weighted by Crippen LogP contribution is 2.25. The lowest BCUT2D eigenvalue weighted by Crippen LogP contribution is -2.40. The molecule has 1 unspecified atom stereocenters. The first-order valence-electron chi connectivity index (χ1n) is 33.8. The van der Waals surface area contributed by atoms with Crippen LogP contribution in [0.1, 0.15) is 373 Å². The van der Waals surface area contributed by atoms with Gasteiger partial charge in [0.1, 0.15) is 13.2 Å².